The number of aromatic nitrogens is 2. The molecule has 0 aliphatic rings. The van der Waals surface area contributed by atoms with Crippen molar-refractivity contribution in [2.75, 3.05) is 0 Å². The maximum absolute atomic E-state index is 6.29. The summed E-state index contributed by atoms with van der Waals surface area (Å²) in [7, 11) is 0. The van der Waals surface area contributed by atoms with E-state index in [-0.39, 0.29) is 0 Å². The number of pyridine rings is 2. The van der Waals surface area contributed by atoms with Crippen LogP contribution in [0.3, 0.4) is 0 Å². The first-order valence-corrected chi connectivity index (χ1v) is 5.49. The van der Waals surface area contributed by atoms with Crippen LogP contribution in [0, 0.1) is 0 Å². The first kappa shape index (κ1) is 11.7. The Morgan fingerprint density at radius 3 is 2.24 bits per heavy atom. The van der Waals surface area contributed by atoms with Crippen LogP contribution in [0.15, 0.2) is 48.8 Å². The third-order valence-corrected chi connectivity index (χ3v) is 2.87. The minimum Gasteiger partial charge on any atom is -0.321 e. The molecular weight excluding hydrogens is 212 g/mol. The van der Waals surface area contributed by atoms with Gasteiger partial charge in [0.2, 0.25) is 0 Å². The van der Waals surface area contributed by atoms with E-state index in [1.54, 1.807) is 12.4 Å². The standard InChI is InChI=1S/C13H16N4/c1-13(15,11-7-3-5-9-17-11)12(14)10-6-2-4-8-16-10/h2-9,12H,14-15H2,1H3. The Bertz CT molecular complexity index is 467. The molecule has 2 rings (SSSR count). The minimum absolute atomic E-state index is 0.390. The molecule has 2 aromatic rings. The summed E-state index contributed by atoms with van der Waals surface area (Å²) in [5.41, 5.74) is 13.3. The number of hydrogen-bond donors (Lipinski definition) is 2. The van der Waals surface area contributed by atoms with Crippen molar-refractivity contribution in [1.82, 2.24) is 9.97 Å². The molecular formula is C13H16N4. The lowest BCUT2D eigenvalue weighted by molar-refractivity contribution is 0.379. The molecule has 0 spiro atoms. The highest BCUT2D eigenvalue weighted by molar-refractivity contribution is 5.22. The molecule has 0 aliphatic heterocycles. The Hall–Kier alpha value is -1.78. The summed E-state index contributed by atoms with van der Waals surface area (Å²) in [6.07, 6.45) is 3.43. The molecule has 2 unspecified atom stereocenters. The second kappa shape index (κ2) is 4.61. The van der Waals surface area contributed by atoms with Crippen molar-refractivity contribution in [3.05, 3.63) is 60.2 Å². The molecule has 0 radical (unpaired) electrons. The van der Waals surface area contributed by atoms with Gasteiger partial charge in [0.1, 0.15) is 0 Å². The lowest BCUT2D eigenvalue weighted by Crippen LogP contribution is -2.45. The predicted octanol–water partition coefficient (Wildman–Crippen LogP) is 1.35. The van der Waals surface area contributed by atoms with Gasteiger partial charge < -0.3 is 11.5 Å². The molecule has 0 amide bonds. The molecule has 2 aromatic heterocycles. The van der Waals surface area contributed by atoms with E-state index in [1.165, 1.54) is 0 Å². The average Bonchev–Trinajstić information content (AvgIpc) is 2.40. The summed E-state index contributed by atoms with van der Waals surface area (Å²) in [5.74, 6) is 0. The van der Waals surface area contributed by atoms with E-state index < -0.39 is 11.6 Å². The fraction of sp³-hybridized carbons (Fsp3) is 0.231. The molecule has 0 saturated heterocycles. The fourth-order valence-electron chi connectivity index (χ4n) is 1.71. The maximum Gasteiger partial charge on any atom is 0.0765 e. The highest BCUT2D eigenvalue weighted by Gasteiger charge is 2.32. The summed E-state index contributed by atoms with van der Waals surface area (Å²) in [6, 6.07) is 10.9. The van der Waals surface area contributed by atoms with E-state index in [4.69, 9.17) is 11.5 Å². The SMILES string of the molecule is CC(N)(c1ccccn1)C(N)c1ccccn1. The van der Waals surface area contributed by atoms with E-state index in [9.17, 15) is 0 Å². The van der Waals surface area contributed by atoms with E-state index in [2.05, 4.69) is 9.97 Å². The van der Waals surface area contributed by atoms with Gasteiger partial charge >= 0.3 is 0 Å². The van der Waals surface area contributed by atoms with Gasteiger partial charge in [-0.05, 0) is 31.2 Å². The summed E-state index contributed by atoms with van der Waals surface area (Å²) in [6.45, 7) is 1.87. The molecule has 0 aromatic carbocycles. The quantitative estimate of drug-likeness (QED) is 0.831. The Morgan fingerprint density at radius 2 is 1.71 bits per heavy atom. The molecule has 88 valence electrons. The van der Waals surface area contributed by atoms with E-state index in [0.29, 0.717) is 0 Å². The van der Waals surface area contributed by atoms with Crippen LogP contribution < -0.4 is 11.5 Å². The van der Waals surface area contributed by atoms with Gasteiger partial charge in [0.25, 0.3) is 0 Å². The second-order valence-electron chi connectivity index (χ2n) is 4.23. The third kappa shape index (κ3) is 2.33. The van der Waals surface area contributed by atoms with E-state index in [1.807, 2.05) is 43.3 Å². The summed E-state index contributed by atoms with van der Waals surface area (Å²) < 4.78 is 0. The van der Waals surface area contributed by atoms with Crippen LogP contribution in [0.4, 0.5) is 0 Å². The molecule has 17 heavy (non-hydrogen) atoms. The fourth-order valence-corrected chi connectivity index (χ4v) is 1.71. The third-order valence-electron chi connectivity index (χ3n) is 2.87. The highest BCUT2D eigenvalue weighted by Crippen LogP contribution is 2.27. The van der Waals surface area contributed by atoms with Crippen LogP contribution in [-0.4, -0.2) is 9.97 Å². The van der Waals surface area contributed by atoms with Gasteiger partial charge in [0, 0.05) is 12.4 Å². The molecule has 0 fully saturated rings. The average molecular weight is 228 g/mol. The predicted molar refractivity (Wildman–Crippen MR) is 66.9 cm³/mol. The molecule has 2 heterocycles. The highest BCUT2D eigenvalue weighted by atomic mass is 14.9. The Kier molecular flexibility index (Phi) is 3.17. The van der Waals surface area contributed by atoms with Crippen LogP contribution in [-0.2, 0) is 5.54 Å². The lowest BCUT2D eigenvalue weighted by atomic mass is 9.87. The molecule has 4 heteroatoms. The topological polar surface area (TPSA) is 77.8 Å². The monoisotopic (exact) mass is 228 g/mol. The van der Waals surface area contributed by atoms with Gasteiger partial charge in [-0.15, -0.1) is 0 Å². The van der Waals surface area contributed by atoms with Crippen molar-refractivity contribution in [2.24, 2.45) is 11.5 Å². The lowest BCUT2D eigenvalue weighted by Gasteiger charge is -2.30. The van der Waals surface area contributed by atoms with E-state index in [0.717, 1.165) is 11.4 Å². The molecule has 4 nitrogen and oxygen atoms in total. The smallest absolute Gasteiger partial charge is 0.0765 e. The van der Waals surface area contributed by atoms with Gasteiger partial charge in [-0.3, -0.25) is 9.97 Å². The van der Waals surface area contributed by atoms with Crippen molar-refractivity contribution in [3.8, 4) is 0 Å². The molecule has 4 N–H and O–H groups in total. The van der Waals surface area contributed by atoms with Crippen LogP contribution in [0.2, 0.25) is 0 Å². The van der Waals surface area contributed by atoms with Crippen LogP contribution in [0.25, 0.3) is 0 Å². The molecule has 2 atom stereocenters. The van der Waals surface area contributed by atoms with Crippen molar-refractivity contribution in [3.63, 3.8) is 0 Å². The first-order chi connectivity index (χ1) is 8.12. The molecule has 0 saturated carbocycles. The summed E-state index contributed by atoms with van der Waals surface area (Å²) in [5, 5.41) is 0. The molecule has 0 aliphatic carbocycles. The Morgan fingerprint density at radius 1 is 1.06 bits per heavy atom. The number of nitrogens with two attached hydrogens (primary N) is 2. The summed E-state index contributed by atoms with van der Waals surface area (Å²) in [4.78, 5) is 8.50. The van der Waals surface area contributed by atoms with Gasteiger partial charge in [-0.1, -0.05) is 12.1 Å². The second-order valence-corrected chi connectivity index (χ2v) is 4.23. The number of hydrogen-bond acceptors (Lipinski definition) is 4. The number of rotatable bonds is 3. The van der Waals surface area contributed by atoms with Gasteiger partial charge in [-0.2, -0.15) is 0 Å². The Labute approximate surface area is 101 Å². The van der Waals surface area contributed by atoms with Crippen molar-refractivity contribution in [1.29, 1.82) is 0 Å². The zero-order chi connectivity index (χ0) is 12.3. The Balaban J connectivity index is 2.33. The zero-order valence-electron chi connectivity index (χ0n) is 9.75. The largest absolute Gasteiger partial charge is 0.321 e. The zero-order valence-corrected chi connectivity index (χ0v) is 9.75. The maximum atomic E-state index is 6.29. The van der Waals surface area contributed by atoms with Crippen molar-refractivity contribution < 1.29 is 0 Å². The number of nitrogens with zero attached hydrogens (tertiary/aromatic N) is 2. The summed E-state index contributed by atoms with van der Waals surface area (Å²) >= 11 is 0. The first-order valence-electron chi connectivity index (χ1n) is 5.49. The van der Waals surface area contributed by atoms with Crippen LogP contribution in [0.1, 0.15) is 24.4 Å². The van der Waals surface area contributed by atoms with Crippen LogP contribution >= 0.6 is 0 Å². The van der Waals surface area contributed by atoms with Gasteiger partial charge in [-0.25, -0.2) is 0 Å². The van der Waals surface area contributed by atoms with Crippen molar-refractivity contribution in [2.45, 2.75) is 18.5 Å². The van der Waals surface area contributed by atoms with Crippen LogP contribution in [0.5, 0.6) is 0 Å². The van der Waals surface area contributed by atoms with Gasteiger partial charge in [0.15, 0.2) is 0 Å². The van der Waals surface area contributed by atoms with Crippen molar-refractivity contribution >= 4 is 0 Å². The molecule has 0 bridgehead atoms. The van der Waals surface area contributed by atoms with Gasteiger partial charge in [0.05, 0.1) is 23.0 Å². The minimum atomic E-state index is -0.740. The normalized spacial score (nSPS) is 16.2. The van der Waals surface area contributed by atoms with E-state index >= 15 is 0 Å².